The first-order valence-electron chi connectivity index (χ1n) is 2.93. The molecule has 0 saturated carbocycles. The van der Waals surface area contributed by atoms with Crippen LogP contribution in [0.4, 0.5) is 0 Å². The molecule has 0 amide bonds. The van der Waals surface area contributed by atoms with E-state index in [0.29, 0.717) is 26.8 Å². The number of aldehydes is 1. The summed E-state index contributed by atoms with van der Waals surface area (Å²) in [6.07, 6.45) is 0.659. The van der Waals surface area contributed by atoms with Gasteiger partial charge in [-0.05, 0) is 0 Å². The lowest BCUT2D eigenvalue weighted by Crippen LogP contribution is -2.13. The highest BCUT2D eigenvalue weighted by molar-refractivity contribution is 7.89. The van der Waals surface area contributed by atoms with E-state index in [2.05, 4.69) is 50.5 Å². The number of carbonyl (C=O) groups excluding carboxylic acids is 1. The van der Waals surface area contributed by atoms with Gasteiger partial charge < -0.3 is 4.74 Å². The van der Waals surface area contributed by atoms with Crippen LogP contribution in [0.15, 0.2) is 20.5 Å². The normalized spacial score (nSPS) is 24.2. The van der Waals surface area contributed by atoms with Crippen LogP contribution in [0.5, 0.6) is 0 Å². The number of rotatable bonds is 1. The van der Waals surface area contributed by atoms with Crippen molar-refractivity contribution in [3.63, 3.8) is 0 Å². The van der Waals surface area contributed by atoms with Gasteiger partial charge in [0.05, 0.1) is 4.91 Å². The van der Waals surface area contributed by atoms with Crippen molar-refractivity contribution < 1.29 is 9.53 Å². The number of ether oxygens (including phenoxy) is 1. The molecule has 1 aliphatic rings. The minimum absolute atomic E-state index is 0.290. The molecule has 0 spiro atoms. The zero-order valence-electron chi connectivity index (χ0n) is 5.76. The van der Waals surface area contributed by atoms with Gasteiger partial charge in [0.2, 0.25) is 0 Å². The third-order valence-corrected chi connectivity index (χ3v) is 3.30. The maximum absolute atomic E-state index is 10.6. The number of hydrogen-bond acceptors (Lipinski definition) is 6. The Kier molecular flexibility index (Phi) is 3.51. The molecule has 0 bridgehead atoms. The standard InChI is InChI=1S/C6H6O2S4/c7-1-2-3(9)5(11)8-6(12)4(2)10/h1,5,9-12H. The van der Waals surface area contributed by atoms with Crippen molar-refractivity contribution in [1.82, 2.24) is 0 Å². The second kappa shape index (κ2) is 4.04. The van der Waals surface area contributed by atoms with Crippen LogP contribution in [0.3, 0.4) is 0 Å². The van der Waals surface area contributed by atoms with Crippen LogP contribution in [0.1, 0.15) is 0 Å². The van der Waals surface area contributed by atoms with Gasteiger partial charge in [-0.2, -0.15) is 0 Å². The van der Waals surface area contributed by atoms with Crippen molar-refractivity contribution in [3.05, 3.63) is 20.5 Å². The smallest absolute Gasteiger partial charge is 0.174 e. The van der Waals surface area contributed by atoms with Crippen molar-refractivity contribution in [1.29, 1.82) is 0 Å². The van der Waals surface area contributed by atoms with Gasteiger partial charge >= 0.3 is 0 Å². The minimum atomic E-state index is -0.531. The Morgan fingerprint density at radius 1 is 1.33 bits per heavy atom. The van der Waals surface area contributed by atoms with Crippen LogP contribution in [0.2, 0.25) is 0 Å². The van der Waals surface area contributed by atoms with E-state index in [0.717, 1.165) is 0 Å². The van der Waals surface area contributed by atoms with Crippen LogP contribution < -0.4 is 0 Å². The second-order valence-corrected chi connectivity index (χ2v) is 3.84. The Hall–Kier alpha value is 0.350. The van der Waals surface area contributed by atoms with Gasteiger partial charge in [0.1, 0.15) is 0 Å². The van der Waals surface area contributed by atoms with E-state index < -0.39 is 5.44 Å². The third-order valence-electron chi connectivity index (χ3n) is 1.31. The average Bonchev–Trinajstić information content (AvgIpc) is 2.02. The second-order valence-electron chi connectivity index (χ2n) is 2.04. The topological polar surface area (TPSA) is 26.3 Å². The molecular formula is C6H6O2S4. The van der Waals surface area contributed by atoms with Crippen LogP contribution in [0, 0.1) is 0 Å². The molecule has 1 atom stereocenters. The van der Waals surface area contributed by atoms with E-state index in [1.807, 2.05) is 0 Å². The summed E-state index contributed by atoms with van der Waals surface area (Å²) in [5.74, 6) is 0. The molecule has 1 rings (SSSR count). The first kappa shape index (κ1) is 10.4. The van der Waals surface area contributed by atoms with Gasteiger partial charge in [0.15, 0.2) is 16.8 Å². The molecule has 0 fully saturated rings. The van der Waals surface area contributed by atoms with Gasteiger partial charge in [-0.1, -0.05) is 0 Å². The fourth-order valence-corrected chi connectivity index (χ4v) is 1.79. The lowest BCUT2D eigenvalue weighted by molar-refractivity contribution is -0.104. The summed E-state index contributed by atoms with van der Waals surface area (Å²) in [4.78, 5) is 11.4. The predicted molar refractivity (Wildman–Crippen MR) is 60.9 cm³/mol. The van der Waals surface area contributed by atoms with Gasteiger partial charge in [-0.25, -0.2) is 0 Å². The van der Waals surface area contributed by atoms with E-state index in [1.165, 1.54) is 0 Å². The largest absolute Gasteiger partial charge is 0.468 e. The lowest BCUT2D eigenvalue weighted by Gasteiger charge is -2.21. The van der Waals surface area contributed by atoms with Crippen molar-refractivity contribution >= 4 is 56.8 Å². The lowest BCUT2D eigenvalue weighted by atomic mass is 10.2. The molecule has 0 aromatic heterocycles. The van der Waals surface area contributed by atoms with E-state index in [4.69, 9.17) is 4.74 Å². The van der Waals surface area contributed by atoms with E-state index >= 15 is 0 Å². The molecule has 2 nitrogen and oxygen atoms in total. The summed E-state index contributed by atoms with van der Waals surface area (Å²) in [5, 5.41) is 0.290. The number of allylic oxidation sites excluding steroid dienone is 1. The highest BCUT2D eigenvalue weighted by Gasteiger charge is 2.22. The SMILES string of the molecule is O=CC1=C(S)C(S)OC(S)=C1S. The van der Waals surface area contributed by atoms with Gasteiger partial charge in [-0.15, -0.1) is 50.5 Å². The Morgan fingerprint density at radius 3 is 2.42 bits per heavy atom. The Balaban J connectivity index is 3.17. The van der Waals surface area contributed by atoms with Crippen molar-refractivity contribution in [2.45, 2.75) is 5.44 Å². The molecule has 0 aliphatic carbocycles. The summed E-state index contributed by atoms with van der Waals surface area (Å²) in [6, 6.07) is 0. The predicted octanol–water partition coefficient (Wildman–Crippen LogP) is 1.68. The number of carbonyl (C=O) groups is 1. The van der Waals surface area contributed by atoms with Gasteiger partial charge in [0, 0.05) is 10.5 Å². The Labute approximate surface area is 92.1 Å². The molecule has 6 heteroatoms. The molecule has 0 N–H and O–H groups in total. The van der Waals surface area contributed by atoms with Crippen molar-refractivity contribution in [2.75, 3.05) is 0 Å². The number of hydrogen-bond donors (Lipinski definition) is 4. The van der Waals surface area contributed by atoms with Crippen LogP contribution in [-0.2, 0) is 9.53 Å². The first-order valence-corrected chi connectivity index (χ1v) is 4.79. The third kappa shape index (κ3) is 1.81. The molecule has 1 aliphatic heterocycles. The molecular weight excluding hydrogens is 232 g/mol. The van der Waals surface area contributed by atoms with E-state index in [1.54, 1.807) is 0 Å². The van der Waals surface area contributed by atoms with Crippen LogP contribution in [-0.4, -0.2) is 11.7 Å². The van der Waals surface area contributed by atoms with E-state index in [9.17, 15) is 4.79 Å². The molecule has 1 unspecified atom stereocenters. The molecule has 0 aromatic rings. The maximum Gasteiger partial charge on any atom is 0.174 e. The summed E-state index contributed by atoms with van der Waals surface area (Å²) >= 11 is 16.1. The van der Waals surface area contributed by atoms with Crippen molar-refractivity contribution in [2.24, 2.45) is 0 Å². The minimum Gasteiger partial charge on any atom is -0.468 e. The first-order chi connectivity index (χ1) is 5.57. The summed E-state index contributed by atoms with van der Waals surface area (Å²) in [6.45, 7) is 0. The van der Waals surface area contributed by atoms with Gasteiger partial charge in [-0.3, -0.25) is 4.79 Å². The van der Waals surface area contributed by atoms with Gasteiger partial charge in [0.25, 0.3) is 0 Å². The molecule has 0 saturated heterocycles. The molecule has 1 heterocycles. The average molecular weight is 238 g/mol. The van der Waals surface area contributed by atoms with Crippen LogP contribution >= 0.6 is 50.5 Å². The maximum atomic E-state index is 10.6. The fourth-order valence-electron chi connectivity index (χ4n) is 0.703. The zero-order chi connectivity index (χ0) is 9.30. The molecule has 0 radical (unpaired) electrons. The Morgan fingerprint density at radius 2 is 1.92 bits per heavy atom. The molecule has 0 aromatic carbocycles. The Bertz CT molecular complexity index is 281. The number of thiol groups is 4. The molecule has 12 heavy (non-hydrogen) atoms. The monoisotopic (exact) mass is 238 g/mol. The summed E-state index contributed by atoms with van der Waals surface area (Å²) in [7, 11) is 0. The summed E-state index contributed by atoms with van der Waals surface area (Å²) in [5.41, 5.74) is -0.158. The molecule has 66 valence electrons. The zero-order valence-corrected chi connectivity index (χ0v) is 9.34. The van der Waals surface area contributed by atoms with Crippen molar-refractivity contribution in [3.8, 4) is 0 Å². The van der Waals surface area contributed by atoms with Crippen LogP contribution in [0.25, 0.3) is 0 Å². The highest BCUT2D eigenvalue weighted by Crippen LogP contribution is 2.35. The fraction of sp³-hybridized carbons (Fsp3) is 0.167. The summed E-state index contributed by atoms with van der Waals surface area (Å²) < 4.78 is 5.08. The highest BCUT2D eigenvalue weighted by atomic mass is 32.1. The quantitative estimate of drug-likeness (QED) is 0.413. The van der Waals surface area contributed by atoms with E-state index in [-0.39, 0.29) is 0 Å².